The molecule has 0 fully saturated rings. The largest absolute Gasteiger partial charge is 3.00 e. The molecule has 8 rings (SSSR count). The fourth-order valence-corrected chi connectivity index (χ4v) is 5.50. The average molecular weight is 709 g/mol. The summed E-state index contributed by atoms with van der Waals surface area (Å²) in [5, 5.41) is 5.15. The Morgan fingerprint density at radius 1 is 0.756 bits per heavy atom. The van der Waals surface area contributed by atoms with Crippen LogP contribution < -0.4 is 4.57 Å². The zero-order valence-corrected chi connectivity index (χ0v) is 25.5. The molecule has 0 N–H and O–H groups in total. The topological polar surface area (TPSA) is 26.1 Å². The van der Waals surface area contributed by atoms with Gasteiger partial charge in [0.1, 0.15) is 0 Å². The summed E-state index contributed by atoms with van der Waals surface area (Å²) in [6, 6.07) is 38.4. The molecule has 41 heavy (non-hydrogen) atoms. The number of para-hydroxylation sites is 2. The Labute approximate surface area is 253 Å². The van der Waals surface area contributed by atoms with Gasteiger partial charge in [0.25, 0.3) is 0 Å². The summed E-state index contributed by atoms with van der Waals surface area (Å²) in [6.45, 7) is 6.36. The molecule has 0 aliphatic heterocycles. The van der Waals surface area contributed by atoms with E-state index >= 15 is 0 Å². The van der Waals surface area contributed by atoms with Gasteiger partial charge in [-0.2, -0.15) is 18.2 Å². The predicted molar refractivity (Wildman–Crippen MR) is 162 cm³/mol. The molecule has 0 saturated carbocycles. The normalized spacial score (nSPS) is 11.3. The number of nitrogens with zero attached hydrogens (tertiary/aromatic N) is 4. The first-order chi connectivity index (χ1) is 19.6. The molecule has 0 aliphatic rings. The van der Waals surface area contributed by atoms with Crippen molar-refractivity contribution in [3.8, 4) is 16.9 Å². The first kappa shape index (κ1) is 26.9. The second kappa shape index (κ2) is 10.9. The van der Waals surface area contributed by atoms with Crippen LogP contribution >= 0.6 is 0 Å². The molecule has 8 aromatic rings. The van der Waals surface area contributed by atoms with Crippen molar-refractivity contribution in [2.24, 2.45) is 0 Å². The van der Waals surface area contributed by atoms with Crippen molar-refractivity contribution < 1.29 is 24.7 Å². The number of benzene rings is 4. The SMILES string of the molecule is CC(C)[n+]1[c-]n(-c2[c-]ccc3c4cccc5c6ccccc6n(c23)c54)cc1.Cc1ccc(-c2[c-]cccc2)nc1.[Ir+3]. The van der Waals surface area contributed by atoms with Gasteiger partial charge in [0.15, 0.2) is 0 Å². The molecule has 0 aliphatic carbocycles. The number of rotatable bonds is 3. The predicted octanol–water partition coefficient (Wildman–Crippen LogP) is 7.95. The molecule has 0 saturated heterocycles. The van der Waals surface area contributed by atoms with Crippen molar-refractivity contribution in [2.45, 2.75) is 26.8 Å². The number of hydrogen-bond acceptors (Lipinski definition) is 1. The van der Waals surface area contributed by atoms with E-state index in [0.29, 0.717) is 6.04 Å². The van der Waals surface area contributed by atoms with E-state index in [9.17, 15) is 0 Å². The maximum absolute atomic E-state index is 4.32. The minimum atomic E-state index is 0. The molecule has 4 heterocycles. The third-order valence-electron chi connectivity index (χ3n) is 7.45. The number of pyridine rings is 1. The Morgan fingerprint density at radius 3 is 2.24 bits per heavy atom. The Kier molecular flexibility index (Phi) is 7.17. The van der Waals surface area contributed by atoms with E-state index in [4.69, 9.17) is 0 Å². The van der Waals surface area contributed by atoms with Gasteiger partial charge in [0.05, 0.1) is 6.04 Å². The van der Waals surface area contributed by atoms with Crippen LogP contribution in [0, 0.1) is 25.4 Å². The van der Waals surface area contributed by atoms with Gasteiger partial charge in [-0.3, -0.25) is 0 Å². The molecular weight excluding hydrogens is 681 g/mol. The van der Waals surface area contributed by atoms with Crippen LogP contribution in [-0.4, -0.2) is 14.0 Å². The molecule has 5 heteroatoms. The molecule has 0 spiro atoms. The summed E-state index contributed by atoms with van der Waals surface area (Å²) in [4.78, 5) is 4.32. The van der Waals surface area contributed by atoms with Gasteiger partial charge >= 0.3 is 20.1 Å². The van der Waals surface area contributed by atoms with E-state index in [1.807, 2.05) is 49.5 Å². The van der Waals surface area contributed by atoms with Crippen LogP contribution in [0.1, 0.15) is 25.5 Å². The van der Waals surface area contributed by atoms with E-state index in [-0.39, 0.29) is 20.1 Å². The van der Waals surface area contributed by atoms with Gasteiger partial charge in [0.2, 0.25) is 6.33 Å². The molecular formula is C36H28IrN4+. The van der Waals surface area contributed by atoms with Crippen molar-refractivity contribution in [3.05, 3.63) is 134 Å². The molecule has 0 bridgehead atoms. The monoisotopic (exact) mass is 709 g/mol. The Balaban J connectivity index is 0.000000183. The molecule has 0 atom stereocenters. The summed E-state index contributed by atoms with van der Waals surface area (Å²) in [5.41, 5.74) is 7.95. The van der Waals surface area contributed by atoms with Crippen LogP contribution in [0.3, 0.4) is 0 Å². The summed E-state index contributed by atoms with van der Waals surface area (Å²) >= 11 is 0. The maximum Gasteiger partial charge on any atom is 3.00 e. The molecule has 0 unspecified atom stereocenters. The number of fused-ring (bicyclic) bond motifs is 6. The van der Waals surface area contributed by atoms with Crippen LogP contribution in [-0.2, 0) is 20.1 Å². The molecule has 4 nitrogen and oxygen atoms in total. The van der Waals surface area contributed by atoms with Crippen LogP contribution in [0.25, 0.3) is 55.0 Å². The fraction of sp³-hybridized carbons (Fsp3) is 0.111. The smallest absolute Gasteiger partial charge is 0.369 e. The maximum atomic E-state index is 4.32. The van der Waals surface area contributed by atoms with Crippen molar-refractivity contribution in [1.82, 2.24) is 14.0 Å². The standard InChI is InChI=1S/C24H18N3.C12H10N.Ir/c1-16(2)25-13-14-26(15-25)22-12-6-10-20-19-9-5-8-18-17-7-3-4-11-21(17)27(23(18)19)24(20)22;1-10-7-8-12(13-9-10)11-5-3-2-4-6-11;/h3-11,13-14,16H,1-2H3;2-5,7-9H,1H3;/q2*-1;+3. The fourth-order valence-electron chi connectivity index (χ4n) is 5.50. The Morgan fingerprint density at radius 2 is 1.51 bits per heavy atom. The zero-order chi connectivity index (χ0) is 27.2. The van der Waals surface area contributed by atoms with Crippen molar-refractivity contribution >= 4 is 38.1 Å². The van der Waals surface area contributed by atoms with Crippen LogP contribution in [0.5, 0.6) is 0 Å². The first-order valence-electron chi connectivity index (χ1n) is 13.6. The van der Waals surface area contributed by atoms with Crippen LogP contribution in [0.2, 0.25) is 0 Å². The Bertz CT molecular complexity index is 2090. The second-order valence-electron chi connectivity index (χ2n) is 10.4. The van der Waals surface area contributed by atoms with Gasteiger partial charge in [-0.05, 0) is 49.2 Å². The molecule has 200 valence electrons. The second-order valence-corrected chi connectivity index (χ2v) is 10.4. The molecule has 4 aromatic heterocycles. The minimum absolute atomic E-state index is 0. The minimum Gasteiger partial charge on any atom is -0.369 e. The molecule has 0 radical (unpaired) electrons. The Hall–Kier alpha value is -4.31. The van der Waals surface area contributed by atoms with Gasteiger partial charge in [0, 0.05) is 40.4 Å². The summed E-state index contributed by atoms with van der Waals surface area (Å²) < 4.78 is 6.55. The number of aromatic nitrogens is 4. The van der Waals surface area contributed by atoms with Gasteiger partial charge in [-0.15, -0.1) is 41.3 Å². The van der Waals surface area contributed by atoms with Gasteiger partial charge in [-0.1, -0.05) is 54.0 Å². The molecule has 4 aromatic carbocycles. The third kappa shape index (κ3) is 4.61. The number of hydrogen-bond donors (Lipinski definition) is 0. The molecule has 0 amide bonds. The van der Waals surface area contributed by atoms with E-state index < -0.39 is 0 Å². The average Bonchev–Trinajstić information content (AvgIpc) is 3.71. The van der Waals surface area contributed by atoms with E-state index in [1.165, 1.54) is 43.7 Å². The van der Waals surface area contributed by atoms with E-state index in [1.54, 1.807) is 0 Å². The first-order valence-corrected chi connectivity index (χ1v) is 13.6. The third-order valence-corrected chi connectivity index (χ3v) is 7.45. The van der Waals surface area contributed by atoms with Crippen LogP contribution in [0.4, 0.5) is 0 Å². The summed E-state index contributed by atoms with van der Waals surface area (Å²) in [6.07, 6.45) is 9.46. The van der Waals surface area contributed by atoms with Crippen molar-refractivity contribution in [3.63, 3.8) is 0 Å². The quantitative estimate of drug-likeness (QED) is 0.135. The van der Waals surface area contributed by atoms with Crippen molar-refractivity contribution in [1.29, 1.82) is 0 Å². The van der Waals surface area contributed by atoms with Crippen LogP contribution in [0.15, 0.2) is 110 Å². The van der Waals surface area contributed by atoms with Gasteiger partial charge < -0.3 is 18.5 Å². The van der Waals surface area contributed by atoms with E-state index in [2.05, 4.69) is 118 Å². The van der Waals surface area contributed by atoms with Crippen molar-refractivity contribution in [2.75, 3.05) is 0 Å². The summed E-state index contributed by atoms with van der Waals surface area (Å²) in [7, 11) is 0. The summed E-state index contributed by atoms with van der Waals surface area (Å²) in [5.74, 6) is 0. The van der Waals surface area contributed by atoms with Gasteiger partial charge in [-0.25, -0.2) is 0 Å². The number of aryl methyl sites for hydroxylation is 1. The number of imidazole rings is 1. The zero-order valence-electron chi connectivity index (χ0n) is 23.1. The van der Waals surface area contributed by atoms with E-state index in [0.717, 1.165) is 16.9 Å².